The van der Waals surface area contributed by atoms with Gasteiger partial charge in [-0.05, 0) is 41.0 Å². The van der Waals surface area contributed by atoms with E-state index in [9.17, 15) is 13.5 Å². The Bertz CT molecular complexity index is 708. The van der Waals surface area contributed by atoms with Crippen LogP contribution in [0.3, 0.4) is 0 Å². The Kier molecular flexibility index (Phi) is 3.94. The lowest BCUT2D eigenvalue weighted by Crippen LogP contribution is -1.97. The number of halogens is 1. The van der Waals surface area contributed by atoms with Crippen molar-refractivity contribution in [3.05, 3.63) is 53.1 Å². The van der Waals surface area contributed by atoms with Gasteiger partial charge in [0.15, 0.2) is 9.84 Å². The maximum Gasteiger partial charge on any atom is 0.175 e. The van der Waals surface area contributed by atoms with Crippen molar-refractivity contribution >= 4 is 21.4 Å². The van der Waals surface area contributed by atoms with E-state index < -0.39 is 9.84 Å². The molecule has 0 saturated carbocycles. The van der Waals surface area contributed by atoms with E-state index in [1.54, 1.807) is 36.4 Å². The molecule has 0 unspecified atom stereocenters. The number of rotatable bonds is 3. The molecule has 1 N–H and O–H groups in total. The molecule has 5 heteroatoms. The van der Waals surface area contributed by atoms with Crippen LogP contribution in [-0.2, 0) is 16.4 Å². The van der Waals surface area contributed by atoms with E-state index >= 15 is 0 Å². The third-order valence-electron chi connectivity index (χ3n) is 2.81. The van der Waals surface area contributed by atoms with Crippen LogP contribution in [0.5, 0.6) is 0 Å². The zero-order valence-electron chi connectivity index (χ0n) is 10.3. The van der Waals surface area contributed by atoms with Gasteiger partial charge in [0.2, 0.25) is 0 Å². The topological polar surface area (TPSA) is 54.4 Å². The van der Waals surface area contributed by atoms with Crippen molar-refractivity contribution in [1.29, 1.82) is 0 Å². The summed E-state index contributed by atoms with van der Waals surface area (Å²) in [5.74, 6) is 0. The van der Waals surface area contributed by atoms with Crippen LogP contribution in [0.2, 0.25) is 5.02 Å². The summed E-state index contributed by atoms with van der Waals surface area (Å²) in [6.45, 7) is -0.154. The number of sulfone groups is 1. The molecule has 0 amide bonds. The van der Waals surface area contributed by atoms with Gasteiger partial charge in [0, 0.05) is 11.3 Å². The maximum absolute atomic E-state index is 11.5. The van der Waals surface area contributed by atoms with Gasteiger partial charge < -0.3 is 5.11 Å². The Morgan fingerprint density at radius 2 is 1.79 bits per heavy atom. The van der Waals surface area contributed by atoms with Gasteiger partial charge in [-0.2, -0.15) is 0 Å². The van der Waals surface area contributed by atoms with Crippen molar-refractivity contribution in [1.82, 2.24) is 0 Å². The van der Waals surface area contributed by atoms with Gasteiger partial charge in [-0.25, -0.2) is 8.42 Å². The second-order valence-corrected chi connectivity index (χ2v) is 6.69. The first-order valence-electron chi connectivity index (χ1n) is 5.61. The molecule has 0 fully saturated rings. The van der Waals surface area contributed by atoms with Crippen LogP contribution in [0, 0.1) is 0 Å². The zero-order chi connectivity index (χ0) is 14.0. The minimum Gasteiger partial charge on any atom is -0.392 e. The lowest BCUT2D eigenvalue weighted by atomic mass is 10.0. The fourth-order valence-electron chi connectivity index (χ4n) is 1.78. The highest BCUT2D eigenvalue weighted by atomic mass is 35.5. The van der Waals surface area contributed by atoms with E-state index in [4.69, 9.17) is 11.6 Å². The standard InChI is InChI=1S/C14H13ClO3S/c1-19(17,18)13-4-2-3-10(8-13)11-5-6-14(15)12(7-11)9-16/h2-8,16H,9H2,1H3. The largest absolute Gasteiger partial charge is 0.392 e. The predicted octanol–water partition coefficient (Wildman–Crippen LogP) is 2.90. The number of benzene rings is 2. The molecule has 0 atom stereocenters. The Labute approximate surface area is 117 Å². The molecule has 2 rings (SSSR count). The molecule has 0 saturated heterocycles. The van der Waals surface area contributed by atoms with E-state index in [0.29, 0.717) is 10.6 Å². The second-order valence-electron chi connectivity index (χ2n) is 4.26. The number of aliphatic hydroxyl groups excluding tert-OH is 1. The normalized spacial score (nSPS) is 11.5. The van der Waals surface area contributed by atoms with Crippen molar-refractivity contribution in [2.75, 3.05) is 6.26 Å². The molecule has 0 aromatic heterocycles. The predicted molar refractivity (Wildman–Crippen MR) is 75.9 cm³/mol. The Hall–Kier alpha value is -1.36. The summed E-state index contributed by atoms with van der Waals surface area (Å²) in [4.78, 5) is 0.269. The average molecular weight is 297 g/mol. The van der Waals surface area contributed by atoms with Crippen LogP contribution in [0.15, 0.2) is 47.4 Å². The first-order valence-corrected chi connectivity index (χ1v) is 7.88. The summed E-state index contributed by atoms with van der Waals surface area (Å²) in [7, 11) is -3.23. The minimum atomic E-state index is -3.23. The molecule has 2 aromatic carbocycles. The molecule has 0 spiro atoms. The fourth-order valence-corrected chi connectivity index (χ4v) is 2.63. The molecule has 0 aliphatic rings. The third kappa shape index (κ3) is 3.15. The molecule has 0 radical (unpaired) electrons. The number of hydrogen-bond donors (Lipinski definition) is 1. The summed E-state index contributed by atoms with van der Waals surface area (Å²) >= 11 is 5.93. The van der Waals surface area contributed by atoms with Crippen LogP contribution in [-0.4, -0.2) is 19.8 Å². The lowest BCUT2D eigenvalue weighted by molar-refractivity contribution is 0.282. The van der Waals surface area contributed by atoms with Crippen molar-refractivity contribution < 1.29 is 13.5 Å². The molecule has 2 aromatic rings. The van der Waals surface area contributed by atoms with Gasteiger partial charge in [0.25, 0.3) is 0 Å². The van der Waals surface area contributed by atoms with Crippen LogP contribution >= 0.6 is 11.6 Å². The van der Waals surface area contributed by atoms with Crippen molar-refractivity contribution in [2.45, 2.75) is 11.5 Å². The second kappa shape index (κ2) is 5.33. The van der Waals surface area contributed by atoms with Gasteiger partial charge >= 0.3 is 0 Å². The van der Waals surface area contributed by atoms with E-state index in [0.717, 1.165) is 11.1 Å². The first kappa shape index (κ1) is 14.1. The van der Waals surface area contributed by atoms with Gasteiger partial charge in [-0.1, -0.05) is 29.8 Å². The molecule has 0 aliphatic carbocycles. The quantitative estimate of drug-likeness (QED) is 0.947. The van der Waals surface area contributed by atoms with Gasteiger partial charge in [-0.3, -0.25) is 0 Å². The van der Waals surface area contributed by atoms with E-state index in [1.165, 1.54) is 6.26 Å². The molecule has 3 nitrogen and oxygen atoms in total. The van der Waals surface area contributed by atoms with Gasteiger partial charge in [0.1, 0.15) is 0 Å². The molecule has 0 aliphatic heterocycles. The highest BCUT2D eigenvalue weighted by molar-refractivity contribution is 7.90. The van der Waals surface area contributed by atoms with Crippen LogP contribution in [0.25, 0.3) is 11.1 Å². The highest BCUT2D eigenvalue weighted by Gasteiger charge is 2.09. The van der Waals surface area contributed by atoms with E-state index in [1.807, 2.05) is 6.07 Å². The first-order chi connectivity index (χ1) is 8.91. The zero-order valence-corrected chi connectivity index (χ0v) is 11.9. The summed E-state index contributed by atoms with van der Waals surface area (Å²) in [5, 5.41) is 9.68. The summed E-state index contributed by atoms with van der Waals surface area (Å²) in [6.07, 6.45) is 1.17. The van der Waals surface area contributed by atoms with Gasteiger partial charge in [-0.15, -0.1) is 0 Å². The Morgan fingerprint density at radius 1 is 1.11 bits per heavy atom. The molecule has 19 heavy (non-hydrogen) atoms. The molecular formula is C14H13ClO3S. The molecule has 0 bridgehead atoms. The van der Waals surface area contributed by atoms with E-state index in [2.05, 4.69) is 0 Å². The van der Waals surface area contributed by atoms with Crippen LogP contribution in [0.4, 0.5) is 0 Å². The fraction of sp³-hybridized carbons (Fsp3) is 0.143. The summed E-state index contributed by atoms with van der Waals surface area (Å²) in [5.41, 5.74) is 2.21. The van der Waals surface area contributed by atoms with Crippen molar-refractivity contribution in [3.63, 3.8) is 0 Å². The van der Waals surface area contributed by atoms with Crippen LogP contribution < -0.4 is 0 Å². The monoisotopic (exact) mass is 296 g/mol. The molecular weight excluding hydrogens is 284 g/mol. The number of hydrogen-bond acceptors (Lipinski definition) is 3. The number of aliphatic hydroxyl groups is 1. The summed E-state index contributed by atoms with van der Waals surface area (Å²) < 4.78 is 23.1. The lowest BCUT2D eigenvalue weighted by Gasteiger charge is -2.07. The highest BCUT2D eigenvalue weighted by Crippen LogP contribution is 2.26. The molecule has 0 heterocycles. The minimum absolute atomic E-state index is 0.154. The maximum atomic E-state index is 11.5. The SMILES string of the molecule is CS(=O)(=O)c1cccc(-c2ccc(Cl)c(CO)c2)c1. The smallest absolute Gasteiger partial charge is 0.175 e. The Balaban J connectivity index is 2.54. The van der Waals surface area contributed by atoms with Gasteiger partial charge in [0.05, 0.1) is 11.5 Å². The van der Waals surface area contributed by atoms with E-state index in [-0.39, 0.29) is 11.5 Å². The van der Waals surface area contributed by atoms with Crippen molar-refractivity contribution in [2.24, 2.45) is 0 Å². The van der Waals surface area contributed by atoms with Crippen LogP contribution in [0.1, 0.15) is 5.56 Å². The van der Waals surface area contributed by atoms with Crippen molar-refractivity contribution in [3.8, 4) is 11.1 Å². The molecule has 100 valence electrons. The summed E-state index contributed by atoms with van der Waals surface area (Å²) in [6, 6.07) is 11.9. The third-order valence-corrected chi connectivity index (χ3v) is 4.29. The Morgan fingerprint density at radius 3 is 2.42 bits per heavy atom. The average Bonchev–Trinajstić information content (AvgIpc) is 2.38.